The number of benzene rings is 3. The summed E-state index contributed by atoms with van der Waals surface area (Å²) < 4.78 is 7.77. The maximum atomic E-state index is 12.7. The number of likely N-dealkylation sites (N-methyl/N-ethyl adjacent to an activating group) is 1. The minimum atomic E-state index is -0.00595. The van der Waals surface area contributed by atoms with Gasteiger partial charge < -0.3 is 4.74 Å². The highest BCUT2D eigenvalue weighted by atomic mass is 79.9. The third-order valence-electron chi connectivity index (χ3n) is 5.01. The average Bonchev–Trinajstić information content (AvgIpc) is 3.07. The maximum Gasteiger partial charge on any atom is 0.266 e. The van der Waals surface area contributed by atoms with E-state index < -0.39 is 0 Å². The number of nitrogens with zero attached hydrogens (tertiary/aromatic N) is 2. The van der Waals surface area contributed by atoms with Crippen LogP contribution in [0.3, 0.4) is 0 Å². The molecule has 1 fully saturated rings. The van der Waals surface area contributed by atoms with Gasteiger partial charge in [0.25, 0.3) is 5.91 Å². The van der Waals surface area contributed by atoms with E-state index in [-0.39, 0.29) is 5.91 Å². The first-order chi connectivity index (χ1) is 15.5. The van der Waals surface area contributed by atoms with Gasteiger partial charge in [0, 0.05) is 13.1 Å². The van der Waals surface area contributed by atoms with E-state index in [1.165, 1.54) is 22.5 Å². The molecule has 1 saturated heterocycles. The Kier molecular flexibility index (Phi) is 7.38. The third-order valence-corrected chi connectivity index (χ3v) is 7.24. The number of amidine groups is 1. The van der Waals surface area contributed by atoms with Crippen LogP contribution in [0.25, 0.3) is 16.8 Å². The number of hydrogen-bond donors (Lipinski definition) is 0. The summed E-state index contributed by atoms with van der Waals surface area (Å²) in [6.07, 6.45) is 1.90. The van der Waals surface area contributed by atoms with Crippen LogP contribution in [0.4, 0.5) is 0 Å². The van der Waals surface area contributed by atoms with Crippen LogP contribution < -0.4 is 4.74 Å². The first-order valence-corrected chi connectivity index (χ1v) is 12.8. The fraction of sp³-hybridized carbons (Fsp3) is 0.200. The summed E-state index contributed by atoms with van der Waals surface area (Å²) in [6.45, 7) is 5.65. The van der Waals surface area contributed by atoms with Crippen molar-refractivity contribution in [3.05, 3.63) is 79.6 Å². The minimum Gasteiger partial charge on any atom is -0.487 e. The molecule has 0 radical (unpaired) electrons. The number of aliphatic imine (C=N–C) groups is 1. The molecule has 0 N–H and O–H groups in total. The number of amides is 1. The van der Waals surface area contributed by atoms with Crippen molar-refractivity contribution in [2.75, 3.05) is 13.1 Å². The van der Waals surface area contributed by atoms with Gasteiger partial charge >= 0.3 is 0 Å². The fourth-order valence-corrected chi connectivity index (χ4v) is 6.03. The summed E-state index contributed by atoms with van der Waals surface area (Å²) in [7, 11) is 0. The van der Waals surface area contributed by atoms with Gasteiger partial charge in [0.05, 0.1) is 13.9 Å². The van der Waals surface area contributed by atoms with E-state index in [2.05, 4.69) is 67.2 Å². The first-order valence-electron chi connectivity index (χ1n) is 10.4. The van der Waals surface area contributed by atoms with Crippen LogP contribution in [-0.2, 0) is 11.4 Å². The van der Waals surface area contributed by atoms with Crippen LogP contribution >= 0.6 is 43.6 Å². The van der Waals surface area contributed by atoms with Gasteiger partial charge in [-0.2, -0.15) is 0 Å². The Balaban J connectivity index is 1.53. The van der Waals surface area contributed by atoms with E-state index in [4.69, 9.17) is 4.74 Å². The van der Waals surface area contributed by atoms with Crippen molar-refractivity contribution in [2.45, 2.75) is 20.5 Å². The molecule has 32 heavy (non-hydrogen) atoms. The van der Waals surface area contributed by atoms with Gasteiger partial charge in [-0.25, -0.2) is 0 Å². The lowest BCUT2D eigenvalue weighted by molar-refractivity contribution is -0.122. The number of fused-ring (bicyclic) bond motifs is 1. The number of carbonyl (C=O) groups excluding carboxylic acids is 1. The van der Waals surface area contributed by atoms with E-state index in [0.29, 0.717) is 24.6 Å². The van der Waals surface area contributed by atoms with Gasteiger partial charge in [-0.3, -0.25) is 14.7 Å². The standard InChI is InChI=1S/C25H22Br2N2O2S/c1-3-28-25-29(4-2)24(30)22(32-25)14-17-12-20(26)23(21(27)13-17)31-15-16-9-10-18-7-5-6-8-19(18)11-16/h5-14H,3-4,15H2,1-2H3/b22-14+,28-25?. The van der Waals surface area contributed by atoms with Crippen LogP contribution in [0.15, 0.2) is 73.4 Å². The van der Waals surface area contributed by atoms with Gasteiger partial charge in [0.2, 0.25) is 0 Å². The number of hydrogen-bond acceptors (Lipinski definition) is 4. The molecule has 3 aromatic carbocycles. The predicted octanol–water partition coefficient (Wildman–Crippen LogP) is 7.26. The summed E-state index contributed by atoms with van der Waals surface area (Å²) in [5.74, 6) is 0.725. The molecule has 0 aromatic heterocycles. The molecular weight excluding hydrogens is 552 g/mol. The lowest BCUT2D eigenvalue weighted by atomic mass is 10.1. The van der Waals surface area contributed by atoms with E-state index in [9.17, 15) is 4.79 Å². The van der Waals surface area contributed by atoms with E-state index in [1.54, 1.807) is 4.90 Å². The monoisotopic (exact) mass is 572 g/mol. The van der Waals surface area contributed by atoms with Crippen molar-refractivity contribution < 1.29 is 9.53 Å². The molecule has 1 aliphatic heterocycles. The van der Waals surface area contributed by atoms with Crippen molar-refractivity contribution in [2.24, 2.45) is 4.99 Å². The molecule has 1 amide bonds. The molecular formula is C25H22Br2N2O2S. The van der Waals surface area contributed by atoms with Crippen LogP contribution in [0, 0.1) is 0 Å². The summed E-state index contributed by atoms with van der Waals surface area (Å²) in [4.78, 5) is 19.6. The van der Waals surface area contributed by atoms with Gasteiger partial charge in [0.15, 0.2) is 5.17 Å². The van der Waals surface area contributed by atoms with Crippen molar-refractivity contribution in [3.63, 3.8) is 0 Å². The van der Waals surface area contributed by atoms with Crippen LogP contribution in [-0.4, -0.2) is 29.1 Å². The van der Waals surface area contributed by atoms with E-state index in [1.807, 2.05) is 44.2 Å². The zero-order valence-electron chi connectivity index (χ0n) is 17.8. The van der Waals surface area contributed by atoms with Crippen LogP contribution in [0.5, 0.6) is 5.75 Å². The van der Waals surface area contributed by atoms with Crippen molar-refractivity contribution in [1.29, 1.82) is 0 Å². The third kappa shape index (κ3) is 4.95. The number of rotatable bonds is 6. The van der Waals surface area contributed by atoms with Crippen LogP contribution in [0.2, 0.25) is 0 Å². The molecule has 4 nitrogen and oxygen atoms in total. The van der Waals surface area contributed by atoms with Gasteiger partial charge in [-0.15, -0.1) is 0 Å². The van der Waals surface area contributed by atoms with Gasteiger partial charge in [-0.1, -0.05) is 36.4 Å². The number of thioether (sulfide) groups is 1. The van der Waals surface area contributed by atoms with Crippen molar-refractivity contribution in [1.82, 2.24) is 4.90 Å². The highest BCUT2D eigenvalue weighted by Crippen LogP contribution is 2.38. The molecule has 0 spiro atoms. The molecule has 0 atom stereocenters. The highest BCUT2D eigenvalue weighted by Gasteiger charge is 2.31. The van der Waals surface area contributed by atoms with Gasteiger partial charge in [0.1, 0.15) is 12.4 Å². The average molecular weight is 574 g/mol. The number of ether oxygens (including phenoxy) is 1. The molecule has 164 valence electrons. The van der Waals surface area contributed by atoms with E-state index in [0.717, 1.165) is 31.0 Å². The molecule has 7 heteroatoms. The fourth-order valence-electron chi connectivity index (χ4n) is 3.48. The Morgan fingerprint density at radius 2 is 1.75 bits per heavy atom. The summed E-state index contributed by atoms with van der Waals surface area (Å²) in [5.41, 5.74) is 2.01. The topological polar surface area (TPSA) is 41.9 Å². The predicted molar refractivity (Wildman–Crippen MR) is 141 cm³/mol. The second-order valence-electron chi connectivity index (χ2n) is 7.20. The first kappa shape index (κ1) is 23.1. The van der Waals surface area contributed by atoms with E-state index >= 15 is 0 Å². The lowest BCUT2D eigenvalue weighted by Gasteiger charge is -2.12. The molecule has 1 aliphatic rings. The normalized spacial score (nSPS) is 16.5. The molecule has 4 rings (SSSR count). The Bertz CT molecular complexity index is 1220. The minimum absolute atomic E-state index is 0.00595. The molecule has 0 unspecified atom stereocenters. The van der Waals surface area contributed by atoms with Gasteiger partial charge in [-0.05, 0) is 104 Å². The Morgan fingerprint density at radius 3 is 2.44 bits per heavy atom. The largest absolute Gasteiger partial charge is 0.487 e. The molecule has 3 aromatic rings. The highest BCUT2D eigenvalue weighted by molar-refractivity contribution is 9.11. The lowest BCUT2D eigenvalue weighted by Crippen LogP contribution is -2.28. The maximum absolute atomic E-state index is 12.7. The molecule has 0 aliphatic carbocycles. The Hall–Kier alpha value is -2.09. The smallest absolute Gasteiger partial charge is 0.266 e. The quantitative estimate of drug-likeness (QED) is 0.291. The molecule has 0 bridgehead atoms. The molecule has 1 heterocycles. The second kappa shape index (κ2) is 10.2. The SMILES string of the molecule is CCN=C1S/C(=C/c2cc(Br)c(OCc3ccc4ccccc4c3)c(Br)c2)C(=O)N1CC. The number of carbonyl (C=O) groups is 1. The summed E-state index contributed by atoms with van der Waals surface area (Å²) in [5, 5.41) is 3.17. The number of halogens is 2. The second-order valence-corrected chi connectivity index (χ2v) is 9.92. The molecule has 0 saturated carbocycles. The summed E-state index contributed by atoms with van der Waals surface area (Å²) in [6, 6.07) is 18.6. The Morgan fingerprint density at radius 1 is 1.03 bits per heavy atom. The summed E-state index contributed by atoms with van der Waals surface area (Å²) >= 11 is 8.68. The Labute approximate surface area is 209 Å². The van der Waals surface area contributed by atoms with Crippen molar-refractivity contribution >= 4 is 71.5 Å². The van der Waals surface area contributed by atoms with Crippen LogP contribution in [0.1, 0.15) is 25.0 Å². The zero-order chi connectivity index (χ0) is 22.7. The zero-order valence-corrected chi connectivity index (χ0v) is 21.8. The van der Waals surface area contributed by atoms with Crippen molar-refractivity contribution in [3.8, 4) is 5.75 Å².